The molecule has 3 aromatic heterocycles. The highest BCUT2D eigenvalue weighted by molar-refractivity contribution is 5.52. The van der Waals surface area contributed by atoms with Crippen molar-refractivity contribution in [2.75, 3.05) is 49.2 Å². The summed E-state index contributed by atoms with van der Waals surface area (Å²) in [5.41, 5.74) is 2.12. The largest absolute Gasteiger partial charge is 0.378 e. The second-order valence-corrected chi connectivity index (χ2v) is 8.16. The Morgan fingerprint density at radius 2 is 1.68 bits per heavy atom. The maximum Gasteiger partial charge on any atom is 0.186 e. The highest BCUT2D eigenvalue weighted by atomic mass is 19.1. The zero-order chi connectivity index (χ0) is 21.4. The highest BCUT2D eigenvalue weighted by Gasteiger charge is 2.24. The lowest BCUT2D eigenvalue weighted by Crippen LogP contribution is -2.37. The molecule has 2 aliphatic rings. The second kappa shape index (κ2) is 8.33. The molecule has 5 heterocycles. The van der Waals surface area contributed by atoms with Gasteiger partial charge in [-0.1, -0.05) is 0 Å². The monoisotopic (exact) mass is 426 g/mol. The Labute approximate surface area is 180 Å². The van der Waals surface area contributed by atoms with Crippen molar-refractivity contribution in [2.45, 2.75) is 39.3 Å². The van der Waals surface area contributed by atoms with Gasteiger partial charge in [0, 0.05) is 44.9 Å². The normalized spacial score (nSPS) is 18.2. The molecule has 0 bridgehead atoms. The number of ether oxygens (including phenoxy) is 1. The van der Waals surface area contributed by atoms with Gasteiger partial charge in [-0.05, 0) is 26.7 Å². The maximum absolute atomic E-state index is 15.3. The van der Waals surface area contributed by atoms with Gasteiger partial charge in [-0.25, -0.2) is 23.9 Å². The molecule has 0 aromatic carbocycles. The molecule has 10 heteroatoms. The third kappa shape index (κ3) is 4.04. The first-order chi connectivity index (χ1) is 15.1. The van der Waals surface area contributed by atoms with Crippen molar-refractivity contribution in [2.24, 2.45) is 0 Å². The lowest BCUT2D eigenvalue weighted by Gasteiger charge is -2.29. The Hall–Kier alpha value is -2.88. The van der Waals surface area contributed by atoms with Crippen molar-refractivity contribution in [3.8, 4) is 0 Å². The van der Waals surface area contributed by atoms with Gasteiger partial charge in [-0.2, -0.15) is 0 Å². The van der Waals surface area contributed by atoms with E-state index >= 15 is 4.39 Å². The Morgan fingerprint density at radius 1 is 1.00 bits per heavy atom. The van der Waals surface area contributed by atoms with Crippen LogP contribution in [-0.4, -0.2) is 68.9 Å². The molecule has 2 saturated heterocycles. The molecule has 3 aromatic rings. The number of halogens is 1. The minimum Gasteiger partial charge on any atom is -0.378 e. The lowest BCUT2D eigenvalue weighted by molar-refractivity contribution is 0.122. The van der Waals surface area contributed by atoms with E-state index in [-0.39, 0.29) is 12.2 Å². The zero-order valence-corrected chi connectivity index (χ0v) is 18.0. The molecule has 2 fully saturated rings. The molecule has 1 unspecified atom stereocenters. The summed E-state index contributed by atoms with van der Waals surface area (Å²) >= 11 is 0. The van der Waals surface area contributed by atoms with Crippen LogP contribution in [0.4, 0.5) is 16.0 Å². The Bertz CT molecular complexity index is 1040. The molecule has 5 rings (SSSR count). The fourth-order valence-electron chi connectivity index (χ4n) is 4.12. The topological polar surface area (TPSA) is 84.6 Å². The molecule has 0 spiro atoms. The molecule has 0 saturated carbocycles. The van der Waals surface area contributed by atoms with Crippen LogP contribution in [0.5, 0.6) is 0 Å². The summed E-state index contributed by atoms with van der Waals surface area (Å²) in [7, 11) is 0. The number of aryl methyl sites for hydroxylation is 2. The van der Waals surface area contributed by atoms with Crippen molar-refractivity contribution < 1.29 is 9.13 Å². The molecule has 9 nitrogen and oxygen atoms in total. The average Bonchev–Trinajstić information content (AvgIpc) is 3.48. The molecule has 31 heavy (non-hydrogen) atoms. The van der Waals surface area contributed by atoms with Gasteiger partial charge in [-0.15, -0.1) is 5.10 Å². The van der Waals surface area contributed by atoms with Crippen LogP contribution in [0.2, 0.25) is 0 Å². The smallest absolute Gasteiger partial charge is 0.186 e. The van der Waals surface area contributed by atoms with Crippen molar-refractivity contribution >= 4 is 17.3 Å². The number of nitrogens with zero attached hydrogens (tertiary/aromatic N) is 8. The van der Waals surface area contributed by atoms with Crippen LogP contribution >= 0.6 is 0 Å². The summed E-state index contributed by atoms with van der Waals surface area (Å²) < 4.78 is 22.4. The van der Waals surface area contributed by atoms with E-state index < -0.39 is 6.17 Å². The van der Waals surface area contributed by atoms with Gasteiger partial charge in [0.15, 0.2) is 17.6 Å². The second-order valence-electron chi connectivity index (χ2n) is 8.16. The van der Waals surface area contributed by atoms with Crippen molar-refractivity contribution in [1.29, 1.82) is 0 Å². The highest BCUT2D eigenvalue weighted by Crippen LogP contribution is 2.26. The lowest BCUT2D eigenvalue weighted by atomic mass is 10.2. The fourth-order valence-corrected chi connectivity index (χ4v) is 4.12. The average molecular weight is 427 g/mol. The summed E-state index contributed by atoms with van der Waals surface area (Å²) in [6.07, 6.45) is 2.64. The quantitative estimate of drug-likeness (QED) is 0.614. The van der Waals surface area contributed by atoms with Crippen molar-refractivity contribution in [3.63, 3.8) is 0 Å². The molecular formula is C21H27FN8O. The van der Waals surface area contributed by atoms with E-state index in [9.17, 15) is 0 Å². The van der Waals surface area contributed by atoms with Crippen molar-refractivity contribution in [3.05, 3.63) is 35.3 Å². The van der Waals surface area contributed by atoms with E-state index in [1.165, 1.54) is 0 Å². The van der Waals surface area contributed by atoms with Crippen LogP contribution in [-0.2, 0) is 11.2 Å². The SMILES string of the molecule is Cc1ncc(C)n2nc(C(F)Cc3nc(N4CCCC4)cc(N4CCOCC4)n3)nc12. The van der Waals surface area contributed by atoms with Gasteiger partial charge in [0.2, 0.25) is 0 Å². The Morgan fingerprint density at radius 3 is 2.35 bits per heavy atom. The van der Waals surface area contributed by atoms with Gasteiger partial charge in [0.1, 0.15) is 17.5 Å². The summed E-state index contributed by atoms with van der Waals surface area (Å²) in [5, 5.41) is 4.38. The van der Waals surface area contributed by atoms with Gasteiger partial charge < -0.3 is 14.5 Å². The molecule has 0 radical (unpaired) electrons. The molecule has 2 aliphatic heterocycles. The number of alkyl halides is 1. The zero-order valence-electron chi connectivity index (χ0n) is 18.0. The van der Waals surface area contributed by atoms with Crippen LogP contribution in [0, 0.1) is 13.8 Å². The Kier molecular flexibility index (Phi) is 5.39. The van der Waals surface area contributed by atoms with E-state index in [0.717, 1.165) is 62.0 Å². The first-order valence-electron chi connectivity index (χ1n) is 10.9. The summed E-state index contributed by atoms with van der Waals surface area (Å²) in [6, 6.07) is 2.02. The molecule has 1 atom stereocenters. The summed E-state index contributed by atoms with van der Waals surface area (Å²) in [5.74, 6) is 2.32. The minimum absolute atomic E-state index is 0.0292. The van der Waals surface area contributed by atoms with Gasteiger partial charge >= 0.3 is 0 Å². The molecule has 164 valence electrons. The number of morpholine rings is 1. The van der Waals surface area contributed by atoms with Crippen LogP contribution in [0.3, 0.4) is 0 Å². The van der Waals surface area contributed by atoms with Crippen LogP contribution in [0.25, 0.3) is 5.65 Å². The van der Waals surface area contributed by atoms with Crippen LogP contribution < -0.4 is 9.80 Å². The molecule has 0 aliphatic carbocycles. The molecule has 0 amide bonds. The first-order valence-corrected chi connectivity index (χ1v) is 10.9. The van der Waals surface area contributed by atoms with Gasteiger partial charge in [-0.3, -0.25) is 4.98 Å². The maximum atomic E-state index is 15.3. The van der Waals surface area contributed by atoms with E-state index in [1.54, 1.807) is 10.7 Å². The van der Waals surface area contributed by atoms with Crippen LogP contribution in [0.1, 0.15) is 42.0 Å². The number of hydrogen-bond acceptors (Lipinski definition) is 8. The number of aromatic nitrogens is 6. The predicted octanol–water partition coefficient (Wildman–Crippen LogP) is 2.22. The minimum atomic E-state index is -1.40. The predicted molar refractivity (Wildman–Crippen MR) is 114 cm³/mol. The van der Waals surface area contributed by atoms with E-state index in [1.807, 2.05) is 19.9 Å². The van der Waals surface area contributed by atoms with Gasteiger partial charge in [0.25, 0.3) is 0 Å². The number of rotatable bonds is 5. The summed E-state index contributed by atoms with van der Waals surface area (Å²) in [6.45, 7) is 8.54. The standard InChI is InChI=1S/C21H27FN8O/c1-14-13-23-15(2)21-26-20(27-30(14)21)16(22)11-17-24-18(28-5-3-4-6-28)12-19(25-17)29-7-9-31-10-8-29/h12-13,16H,3-11H2,1-2H3. The summed E-state index contributed by atoms with van der Waals surface area (Å²) in [4.78, 5) is 22.5. The van der Waals surface area contributed by atoms with E-state index in [2.05, 4.69) is 24.9 Å². The van der Waals surface area contributed by atoms with E-state index in [4.69, 9.17) is 14.7 Å². The number of hydrogen-bond donors (Lipinski definition) is 0. The third-order valence-corrected chi connectivity index (χ3v) is 5.88. The Balaban J connectivity index is 1.45. The van der Waals surface area contributed by atoms with E-state index in [0.29, 0.717) is 24.7 Å². The van der Waals surface area contributed by atoms with Crippen molar-refractivity contribution in [1.82, 2.24) is 29.5 Å². The first kappa shape index (κ1) is 20.0. The molecular weight excluding hydrogens is 399 g/mol. The molecule has 0 N–H and O–H groups in total. The van der Waals surface area contributed by atoms with Crippen LogP contribution in [0.15, 0.2) is 12.3 Å². The fraction of sp³-hybridized carbons (Fsp3) is 0.571. The number of anilines is 2. The van der Waals surface area contributed by atoms with Gasteiger partial charge in [0.05, 0.1) is 24.6 Å². The number of fused-ring (bicyclic) bond motifs is 1. The third-order valence-electron chi connectivity index (χ3n) is 5.88.